The number of aromatic nitrogens is 2. The molecule has 0 aliphatic heterocycles. The summed E-state index contributed by atoms with van der Waals surface area (Å²) in [4.78, 5) is 21.3. The van der Waals surface area contributed by atoms with E-state index in [0.717, 1.165) is 30.5 Å². The van der Waals surface area contributed by atoms with Gasteiger partial charge in [-0.25, -0.2) is 4.98 Å². The molecule has 1 amide bonds. The molecule has 2 N–H and O–H groups in total. The topological polar surface area (TPSA) is 75.1 Å². The minimum Gasteiger partial charge on any atom is -0.393 e. The van der Waals surface area contributed by atoms with Crippen molar-refractivity contribution in [3.05, 3.63) is 46.2 Å². The molecule has 0 saturated heterocycles. The van der Waals surface area contributed by atoms with Crippen LogP contribution in [0, 0.1) is 12.8 Å². The van der Waals surface area contributed by atoms with E-state index < -0.39 is 0 Å². The van der Waals surface area contributed by atoms with Crippen LogP contribution in [0.3, 0.4) is 0 Å². The Balaban J connectivity index is 1.71. The van der Waals surface area contributed by atoms with Gasteiger partial charge in [0, 0.05) is 18.4 Å². The summed E-state index contributed by atoms with van der Waals surface area (Å²) in [6.45, 7) is 1.84. The number of rotatable bonds is 5. The number of amides is 1. The molecule has 22 heavy (non-hydrogen) atoms. The van der Waals surface area contributed by atoms with Crippen molar-refractivity contribution in [3.8, 4) is 0 Å². The summed E-state index contributed by atoms with van der Waals surface area (Å²) in [7, 11) is 0. The monoisotopic (exact) mass is 317 g/mol. The van der Waals surface area contributed by atoms with Crippen LogP contribution in [0.4, 0.5) is 0 Å². The lowest BCUT2D eigenvalue weighted by Crippen LogP contribution is -2.48. The number of thiazole rings is 1. The van der Waals surface area contributed by atoms with E-state index in [1.54, 1.807) is 17.9 Å². The molecule has 1 atom stereocenters. The van der Waals surface area contributed by atoms with Crippen molar-refractivity contribution in [2.45, 2.75) is 38.3 Å². The summed E-state index contributed by atoms with van der Waals surface area (Å²) >= 11 is 1.36. The molecule has 1 saturated carbocycles. The van der Waals surface area contributed by atoms with Crippen molar-refractivity contribution in [1.82, 2.24) is 15.3 Å². The van der Waals surface area contributed by atoms with Gasteiger partial charge in [0.2, 0.25) is 0 Å². The lowest BCUT2D eigenvalue weighted by atomic mass is 9.75. The fourth-order valence-corrected chi connectivity index (χ4v) is 3.53. The summed E-state index contributed by atoms with van der Waals surface area (Å²) in [5.74, 6) is 0.251. The zero-order chi connectivity index (χ0) is 15.5. The Labute approximate surface area is 133 Å². The highest BCUT2D eigenvalue weighted by Gasteiger charge is 2.35. The number of carbonyl (C=O) groups excluding carboxylic acids is 1. The Kier molecular flexibility index (Phi) is 4.49. The molecule has 1 aliphatic rings. The van der Waals surface area contributed by atoms with Gasteiger partial charge in [0.05, 0.1) is 17.3 Å². The first kappa shape index (κ1) is 15.1. The smallest absolute Gasteiger partial charge is 0.263 e. The van der Waals surface area contributed by atoms with E-state index in [1.165, 1.54) is 11.3 Å². The molecule has 116 valence electrons. The molecule has 0 bridgehead atoms. The second-order valence-electron chi connectivity index (χ2n) is 5.79. The standard InChI is InChI=1S/C16H19N3O2S/c1-10-15(22-9-18-10)16(21)19-14(12-7-13(20)8-12)6-11-2-4-17-5-3-11/h2-5,9,12-14,20H,6-8H2,1H3,(H,19,21)/t12?,13?,14-/m1/s1. The second-order valence-corrected chi connectivity index (χ2v) is 6.65. The third-order valence-electron chi connectivity index (χ3n) is 4.19. The Morgan fingerprint density at radius 3 is 2.77 bits per heavy atom. The highest BCUT2D eigenvalue weighted by molar-refractivity contribution is 7.11. The van der Waals surface area contributed by atoms with Gasteiger partial charge in [0.15, 0.2) is 0 Å². The summed E-state index contributed by atoms with van der Waals surface area (Å²) in [6.07, 6.45) is 5.54. The Bertz CT molecular complexity index is 638. The lowest BCUT2D eigenvalue weighted by molar-refractivity contribution is 0.0239. The van der Waals surface area contributed by atoms with Gasteiger partial charge in [-0.05, 0) is 49.8 Å². The number of carbonyl (C=O) groups is 1. The van der Waals surface area contributed by atoms with Crippen LogP contribution in [-0.2, 0) is 6.42 Å². The molecule has 1 aliphatic carbocycles. The number of pyridine rings is 1. The van der Waals surface area contributed by atoms with Crippen LogP contribution >= 0.6 is 11.3 Å². The SMILES string of the molecule is Cc1ncsc1C(=O)N[C@H](Cc1ccncc1)C1CC(O)C1. The predicted molar refractivity (Wildman–Crippen MR) is 84.8 cm³/mol. The van der Waals surface area contributed by atoms with Gasteiger partial charge in [0.25, 0.3) is 5.91 Å². The number of hydrogen-bond acceptors (Lipinski definition) is 5. The van der Waals surface area contributed by atoms with E-state index in [9.17, 15) is 9.90 Å². The molecule has 6 heteroatoms. The minimum absolute atomic E-state index is 0.0276. The summed E-state index contributed by atoms with van der Waals surface area (Å²) in [6, 6.07) is 3.96. The van der Waals surface area contributed by atoms with Gasteiger partial charge in [-0.1, -0.05) is 0 Å². The first-order valence-corrected chi connectivity index (χ1v) is 8.29. The van der Waals surface area contributed by atoms with Gasteiger partial charge in [-0.15, -0.1) is 11.3 Å². The van der Waals surface area contributed by atoms with Crippen molar-refractivity contribution in [3.63, 3.8) is 0 Å². The van der Waals surface area contributed by atoms with E-state index in [1.807, 2.05) is 19.1 Å². The van der Waals surface area contributed by atoms with E-state index in [0.29, 0.717) is 10.8 Å². The molecule has 2 aromatic rings. The van der Waals surface area contributed by atoms with E-state index in [4.69, 9.17) is 0 Å². The first-order chi connectivity index (χ1) is 10.6. The second kappa shape index (κ2) is 6.54. The molecule has 0 aromatic carbocycles. The maximum Gasteiger partial charge on any atom is 0.263 e. The highest BCUT2D eigenvalue weighted by Crippen LogP contribution is 2.32. The number of aliphatic hydroxyl groups is 1. The largest absolute Gasteiger partial charge is 0.393 e. The molecule has 2 heterocycles. The average Bonchev–Trinajstić information content (AvgIpc) is 2.91. The van der Waals surface area contributed by atoms with Crippen molar-refractivity contribution in [1.29, 1.82) is 0 Å². The van der Waals surface area contributed by atoms with Crippen LogP contribution in [0.2, 0.25) is 0 Å². The predicted octanol–water partition coefficient (Wildman–Crippen LogP) is 1.96. The van der Waals surface area contributed by atoms with Crippen LogP contribution in [0.1, 0.15) is 33.8 Å². The van der Waals surface area contributed by atoms with Crippen LogP contribution in [0.5, 0.6) is 0 Å². The number of aryl methyl sites for hydroxylation is 1. The van der Waals surface area contributed by atoms with Crippen molar-refractivity contribution in [2.75, 3.05) is 0 Å². The van der Waals surface area contributed by atoms with E-state index >= 15 is 0 Å². The molecule has 2 aromatic heterocycles. The molecule has 0 radical (unpaired) electrons. The zero-order valence-electron chi connectivity index (χ0n) is 12.4. The Morgan fingerprint density at radius 1 is 1.45 bits per heavy atom. The Hall–Kier alpha value is -1.79. The van der Waals surface area contributed by atoms with Gasteiger partial charge in [-0.3, -0.25) is 9.78 Å². The third kappa shape index (κ3) is 3.34. The molecule has 0 unspecified atom stereocenters. The zero-order valence-corrected chi connectivity index (χ0v) is 13.2. The minimum atomic E-state index is -0.230. The summed E-state index contributed by atoms with van der Waals surface area (Å²) < 4.78 is 0. The molecule has 0 spiro atoms. The normalized spacial score (nSPS) is 21.9. The van der Waals surface area contributed by atoms with E-state index in [2.05, 4.69) is 15.3 Å². The molecular formula is C16H19N3O2S. The van der Waals surface area contributed by atoms with E-state index in [-0.39, 0.29) is 18.1 Å². The van der Waals surface area contributed by atoms with Crippen LogP contribution in [-0.4, -0.2) is 33.1 Å². The number of nitrogens with one attached hydrogen (secondary N) is 1. The van der Waals surface area contributed by atoms with Crippen LogP contribution in [0.25, 0.3) is 0 Å². The molecule has 5 nitrogen and oxygen atoms in total. The quantitative estimate of drug-likeness (QED) is 0.884. The fourth-order valence-electron chi connectivity index (χ4n) is 2.82. The summed E-state index contributed by atoms with van der Waals surface area (Å²) in [5.41, 5.74) is 3.59. The van der Waals surface area contributed by atoms with Crippen molar-refractivity contribution < 1.29 is 9.90 Å². The van der Waals surface area contributed by atoms with Crippen LogP contribution in [0.15, 0.2) is 30.0 Å². The van der Waals surface area contributed by atoms with Gasteiger partial charge >= 0.3 is 0 Å². The van der Waals surface area contributed by atoms with Gasteiger partial charge < -0.3 is 10.4 Å². The maximum absolute atomic E-state index is 12.4. The average molecular weight is 317 g/mol. The maximum atomic E-state index is 12.4. The fraction of sp³-hybridized carbons (Fsp3) is 0.438. The lowest BCUT2D eigenvalue weighted by Gasteiger charge is -2.38. The number of hydrogen-bond donors (Lipinski definition) is 2. The van der Waals surface area contributed by atoms with Crippen molar-refractivity contribution in [2.24, 2.45) is 5.92 Å². The summed E-state index contributed by atoms with van der Waals surface area (Å²) in [5, 5.41) is 12.7. The third-order valence-corrected chi connectivity index (χ3v) is 5.12. The van der Waals surface area contributed by atoms with Gasteiger partial charge in [0.1, 0.15) is 4.88 Å². The highest BCUT2D eigenvalue weighted by atomic mass is 32.1. The van der Waals surface area contributed by atoms with Gasteiger partial charge in [-0.2, -0.15) is 0 Å². The Morgan fingerprint density at radius 2 is 2.18 bits per heavy atom. The number of nitrogens with zero attached hydrogens (tertiary/aromatic N) is 2. The molecule has 3 rings (SSSR count). The molecular weight excluding hydrogens is 298 g/mol. The van der Waals surface area contributed by atoms with Crippen molar-refractivity contribution >= 4 is 17.2 Å². The first-order valence-electron chi connectivity index (χ1n) is 7.41. The number of aliphatic hydroxyl groups excluding tert-OH is 1. The van der Waals surface area contributed by atoms with Crippen LogP contribution < -0.4 is 5.32 Å². The molecule has 1 fully saturated rings.